The van der Waals surface area contributed by atoms with Gasteiger partial charge in [0.2, 0.25) is 11.8 Å². The molecule has 2 rings (SSSR count). The van der Waals surface area contributed by atoms with Crippen molar-refractivity contribution in [1.29, 1.82) is 0 Å². The highest BCUT2D eigenvalue weighted by Crippen LogP contribution is 2.35. The lowest BCUT2D eigenvalue weighted by Gasteiger charge is -2.21. The number of methoxy groups -OCH3 is 2. The van der Waals surface area contributed by atoms with Gasteiger partial charge in [-0.05, 0) is 25.0 Å². The molecule has 6 heteroatoms. The maximum Gasteiger partial charge on any atom is 0.227 e. The molecule has 1 N–H and O–H groups in total. The number of carbonyl (C=O) groups is 2. The third kappa shape index (κ3) is 3.80. The van der Waals surface area contributed by atoms with Crippen molar-refractivity contribution < 1.29 is 19.1 Å². The minimum Gasteiger partial charge on any atom is -0.497 e. The van der Waals surface area contributed by atoms with Crippen molar-refractivity contribution >= 4 is 17.5 Å². The minimum atomic E-state index is -0.329. The largest absolute Gasteiger partial charge is 0.497 e. The first-order valence-electron chi connectivity index (χ1n) is 8.36. The van der Waals surface area contributed by atoms with Crippen LogP contribution in [-0.2, 0) is 9.59 Å². The van der Waals surface area contributed by atoms with Crippen molar-refractivity contribution in [3.63, 3.8) is 0 Å². The van der Waals surface area contributed by atoms with Crippen LogP contribution in [0.2, 0.25) is 0 Å². The first-order chi connectivity index (χ1) is 11.5. The van der Waals surface area contributed by atoms with Gasteiger partial charge >= 0.3 is 0 Å². The van der Waals surface area contributed by atoms with Crippen LogP contribution in [0.4, 0.5) is 5.69 Å². The zero-order chi connectivity index (χ0) is 17.7. The fourth-order valence-electron chi connectivity index (χ4n) is 2.94. The molecule has 1 aliphatic heterocycles. The average molecular weight is 334 g/mol. The molecule has 1 heterocycles. The number of ether oxygens (including phenoxy) is 2. The molecule has 1 atom stereocenters. The van der Waals surface area contributed by atoms with Crippen molar-refractivity contribution in [3.05, 3.63) is 18.2 Å². The topological polar surface area (TPSA) is 67.9 Å². The molecule has 2 amide bonds. The molecule has 0 radical (unpaired) electrons. The van der Waals surface area contributed by atoms with Gasteiger partial charge in [0.05, 0.1) is 25.8 Å². The highest BCUT2D eigenvalue weighted by Gasteiger charge is 2.36. The van der Waals surface area contributed by atoms with E-state index < -0.39 is 0 Å². The van der Waals surface area contributed by atoms with E-state index in [1.165, 1.54) is 0 Å². The Hall–Kier alpha value is -2.24. The Balaban J connectivity index is 2.14. The van der Waals surface area contributed by atoms with Crippen LogP contribution >= 0.6 is 0 Å². The Bertz CT molecular complexity index is 599. The van der Waals surface area contributed by atoms with Gasteiger partial charge in [0.25, 0.3) is 0 Å². The van der Waals surface area contributed by atoms with E-state index >= 15 is 0 Å². The maximum atomic E-state index is 12.4. The molecule has 6 nitrogen and oxygen atoms in total. The number of rotatable bonds is 7. The summed E-state index contributed by atoms with van der Waals surface area (Å²) in [7, 11) is 3.13. The van der Waals surface area contributed by atoms with E-state index in [9.17, 15) is 9.59 Å². The van der Waals surface area contributed by atoms with Gasteiger partial charge in [-0.1, -0.05) is 13.8 Å². The Morgan fingerprint density at radius 3 is 2.58 bits per heavy atom. The fourth-order valence-corrected chi connectivity index (χ4v) is 2.94. The molecule has 1 unspecified atom stereocenters. The summed E-state index contributed by atoms with van der Waals surface area (Å²) < 4.78 is 10.6. The van der Waals surface area contributed by atoms with E-state index in [1.54, 1.807) is 37.3 Å². The molecule has 1 fully saturated rings. The van der Waals surface area contributed by atoms with Crippen LogP contribution in [0.1, 0.15) is 33.1 Å². The molecular formula is C18H26N2O4. The zero-order valence-electron chi connectivity index (χ0n) is 14.8. The third-order valence-electron chi connectivity index (χ3n) is 4.51. The summed E-state index contributed by atoms with van der Waals surface area (Å²) in [6.07, 6.45) is 2.00. The van der Waals surface area contributed by atoms with Crippen LogP contribution in [0.3, 0.4) is 0 Å². The second-order valence-corrected chi connectivity index (χ2v) is 5.97. The second-order valence-electron chi connectivity index (χ2n) is 5.97. The van der Waals surface area contributed by atoms with Crippen molar-refractivity contribution in [1.82, 2.24) is 5.32 Å². The van der Waals surface area contributed by atoms with Crippen LogP contribution in [0.25, 0.3) is 0 Å². The summed E-state index contributed by atoms with van der Waals surface area (Å²) in [4.78, 5) is 26.4. The molecule has 24 heavy (non-hydrogen) atoms. The van der Waals surface area contributed by atoms with Gasteiger partial charge in [-0.15, -0.1) is 0 Å². The summed E-state index contributed by atoms with van der Waals surface area (Å²) in [5.41, 5.74) is 0.668. The van der Waals surface area contributed by atoms with Crippen LogP contribution < -0.4 is 19.7 Å². The summed E-state index contributed by atoms with van der Waals surface area (Å²) in [5, 5.41) is 3.03. The first kappa shape index (κ1) is 18.1. The molecule has 0 aromatic heterocycles. The number of nitrogens with zero attached hydrogens (tertiary/aromatic N) is 1. The Morgan fingerprint density at radius 2 is 2.00 bits per heavy atom. The Morgan fingerprint density at radius 1 is 1.29 bits per heavy atom. The molecule has 1 aromatic carbocycles. The number of carbonyl (C=O) groups excluding carboxylic acids is 2. The third-order valence-corrected chi connectivity index (χ3v) is 4.51. The fraction of sp³-hybridized carbons (Fsp3) is 0.556. The van der Waals surface area contributed by atoms with Crippen molar-refractivity contribution in [3.8, 4) is 11.5 Å². The number of hydrogen-bond donors (Lipinski definition) is 1. The van der Waals surface area contributed by atoms with E-state index in [-0.39, 0.29) is 30.2 Å². The molecule has 0 bridgehead atoms. The molecule has 1 saturated heterocycles. The smallest absolute Gasteiger partial charge is 0.227 e. The normalized spacial score (nSPS) is 17.3. The van der Waals surface area contributed by atoms with Gasteiger partial charge in [-0.25, -0.2) is 0 Å². The van der Waals surface area contributed by atoms with Gasteiger partial charge in [0, 0.05) is 25.1 Å². The second kappa shape index (κ2) is 8.04. The van der Waals surface area contributed by atoms with Crippen molar-refractivity contribution in [2.75, 3.05) is 25.7 Å². The lowest BCUT2D eigenvalue weighted by atomic mass is 10.1. The van der Waals surface area contributed by atoms with Gasteiger partial charge < -0.3 is 19.7 Å². The summed E-state index contributed by atoms with van der Waals surface area (Å²) in [6, 6.07) is 5.47. The van der Waals surface area contributed by atoms with Gasteiger partial charge in [0.15, 0.2) is 0 Å². The lowest BCUT2D eigenvalue weighted by Crippen LogP contribution is -2.39. The number of anilines is 1. The van der Waals surface area contributed by atoms with Crippen molar-refractivity contribution in [2.45, 2.75) is 39.2 Å². The van der Waals surface area contributed by atoms with Gasteiger partial charge in [-0.2, -0.15) is 0 Å². The van der Waals surface area contributed by atoms with Crippen LogP contribution in [0.5, 0.6) is 11.5 Å². The predicted octanol–water partition coefficient (Wildman–Crippen LogP) is 2.36. The van der Waals surface area contributed by atoms with Crippen LogP contribution in [-0.4, -0.2) is 38.6 Å². The molecule has 0 spiro atoms. The average Bonchev–Trinajstić information content (AvgIpc) is 3.00. The zero-order valence-corrected chi connectivity index (χ0v) is 14.8. The van der Waals surface area contributed by atoms with E-state index in [0.29, 0.717) is 23.7 Å². The highest BCUT2D eigenvalue weighted by molar-refractivity contribution is 6.01. The SMILES string of the molecule is CCC(CC)NC(=O)C1CC(=O)N(c2ccc(OC)cc2OC)C1. The lowest BCUT2D eigenvalue weighted by molar-refractivity contribution is -0.127. The Labute approximate surface area is 143 Å². The predicted molar refractivity (Wildman–Crippen MR) is 92.5 cm³/mol. The molecule has 132 valence electrons. The molecular weight excluding hydrogens is 308 g/mol. The first-order valence-corrected chi connectivity index (χ1v) is 8.36. The van der Waals surface area contributed by atoms with E-state index in [2.05, 4.69) is 5.32 Å². The monoisotopic (exact) mass is 334 g/mol. The minimum absolute atomic E-state index is 0.0490. The number of hydrogen-bond acceptors (Lipinski definition) is 4. The molecule has 0 saturated carbocycles. The van der Waals surface area contributed by atoms with E-state index in [1.807, 2.05) is 13.8 Å². The van der Waals surface area contributed by atoms with Crippen LogP contribution in [0, 0.1) is 5.92 Å². The quantitative estimate of drug-likeness (QED) is 0.831. The number of benzene rings is 1. The number of amides is 2. The summed E-state index contributed by atoms with van der Waals surface area (Å²) in [6.45, 7) is 4.46. The van der Waals surface area contributed by atoms with Gasteiger partial charge in [-0.3, -0.25) is 9.59 Å². The molecule has 1 aromatic rings. The van der Waals surface area contributed by atoms with Crippen LogP contribution in [0.15, 0.2) is 18.2 Å². The van der Waals surface area contributed by atoms with E-state index in [0.717, 1.165) is 12.8 Å². The number of nitrogens with one attached hydrogen (secondary N) is 1. The Kier molecular flexibility index (Phi) is 6.06. The highest BCUT2D eigenvalue weighted by atomic mass is 16.5. The van der Waals surface area contributed by atoms with Crippen molar-refractivity contribution in [2.24, 2.45) is 5.92 Å². The standard InChI is InChI=1S/C18H26N2O4/c1-5-13(6-2)19-18(22)12-9-17(21)20(11-12)15-8-7-14(23-3)10-16(15)24-4/h7-8,10,12-13H,5-6,9,11H2,1-4H3,(H,19,22). The van der Waals surface area contributed by atoms with E-state index in [4.69, 9.17) is 9.47 Å². The molecule has 0 aliphatic carbocycles. The maximum absolute atomic E-state index is 12.4. The summed E-state index contributed by atoms with van der Waals surface area (Å²) in [5.74, 6) is 0.772. The van der Waals surface area contributed by atoms with Gasteiger partial charge in [0.1, 0.15) is 11.5 Å². The summed E-state index contributed by atoms with van der Waals surface area (Å²) >= 11 is 0. The molecule has 1 aliphatic rings.